The highest BCUT2D eigenvalue weighted by Gasteiger charge is 2.07. The van der Waals surface area contributed by atoms with Crippen molar-refractivity contribution in [2.24, 2.45) is 0 Å². The van der Waals surface area contributed by atoms with Crippen molar-refractivity contribution in [3.8, 4) is 5.75 Å². The number of anilines is 1. The third kappa shape index (κ3) is 3.55. The topological polar surface area (TPSA) is 89.3 Å². The van der Waals surface area contributed by atoms with Crippen LogP contribution in [0.5, 0.6) is 5.75 Å². The van der Waals surface area contributed by atoms with Crippen molar-refractivity contribution in [3.63, 3.8) is 0 Å². The number of carbonyl (C=O) groups is 1. The summed E-state index contributed by atoms with van der Waals surface area (Å²) in [6.07, 6.45) is 1.86. The van der Waals surface area contributed by atoms with E-state index in [1.165, 1.54) is 4.68 Å². The van der Waals surface area contributed by atoms with Gasteiger partial charge in [-0.15, -0.1) is 5.10 Å². The van der Waals surface area contributed by atoms with Gasteiger partial charge in [0.2, 0.25) is 5.91 Å². The Bertz CT molecular complexity index is 583. The minimum atomic E-state index is -0.159. The second kappa shape index (κ2) is 6.67. The maximum atomic E-state index is 11.9. The summed E-state index contributed by atoms with van der Waals surface area (Å²) >= 11 is 0. The molecule has 0 bridgehead atoms. The Kier molecular flexibility index (Phi) is 4.67. The average molecular weight is 276 g/mol. The number of hydrogen-bond donors (Lipinski definition) is 2. The van der Waals surface area contributed by atoms with Crippen molar-refractivity contribution < 1.29 is 14.6 Å². The quantitative estimate of drug-likeness (QED) is 0.815. The van der Waals surface area contributed by atoms with E-state index in [-0.39, 0.29) is 18.9 Å². The number of amides is 1. The first-order chi connectivity index (χ1) is 9.72. The Morgan fingerprint density at radius 1 is 1.45 bits per heavy atom. The molecule has 0 aliphatic heterocycles. The molecule has 0 fully saturated rings. The molecule has 106 valence electrons. The molecule has 2 N–H and O–H groups in total. The van der Waals surface area contributed by atoms with E-state index in [2.05, 4.69) is 15.6 Å². The van der Waals surface area contributed by atoms with Crippen LogP contribution in [0.4, 0.5) is 5.69 Å². The van der Waals surface area contributed by atoms with E-state index in [0.717, 1.165) is 0 Å². The fourth-order valence-electron chi connectivity index (χ4n) is 1.70. The summed E-state index contributed by atoms with van der Waals surface area (Å²) in [5.74, 6) is 0.472. The van der Waals surface area contributed by atoms with Crippen molar-refractivity contribution in [2.75, 3.05) is 12.4 Å². The number of aromatic nitrogens is 3. The molecule has 0 radical (unpaired) electrons. The summed E-state index contributed by atoms with van der Waals surface area (Å²) in [6, 6.07) is 7.21. The van der Waals surface area contributed by atoms with E-state index in [1.54, 1.807) is 25.4 Å². The standard InChI is InChI=1S/C13H16N4O3/c1-20-12-5-3-2-4-11(12)14-13(19)6-7-17-8-10(9-18)15-16-17/h2-5,8,18H,6-7,9H2,1H3,(H,14,19). The van der Waals surface area contributed by atoms with Gasteiger partial charge >= 0.3 is 0 Å². The van der Waals surface area contributed by atoms with Gasteiger partial charge in [0.25, 0.3) is 0 Å². The molecule has 1 aromatic carbocycles. The van der Waals surface area contributed by atoms with E-state index >= 15 is 0 Å². The Morgan fingerprint density at radius 2 is 2.25 bits per heavy atom. The lowest BCUT2D eigenvalue weighted by atomic mass is 10.3. The lowest BCUT2D eigenvalue weighted by Crippen LogP contribution is -2.15. The van der Waals surface area contributed by atoms with Crippen molar-refractivity contribution >= 4 is 11.6 Å². The fourth-order valence-corrected chi connectivity index (χ4v) is 1.70. The normalized spacial score (nSPS) is 10.3. The highest BCUT2D eigenvalue weighted by atomic mass is 16.5. The second-order valence-corrected chi connectivity index (χ2v) is 4.13. The van der Waals surface area contributed by atoms with Crippen LogP contribution in [0.1, 0.15) is 12.1 Å². The Balaban J connectivity index is 1.89. The molecule has 1 amide bonds. The van der Waals surface area contributed by atoms with Crippen LogP contribution in [0.2, 0.25) is 0 Å². The maximum Gasteiger partial charge on any atom is 0.226 e. The van der Waals surface area contributed by atoms with Crippen LogP contribution in [0.15, 0.2) is 30.5 Å². The SMILES string of the molecule is COc1ccccc1NC(=O)CCn1cc(CO)nn1. The van der Waals surface area contributed by atoms with Crippen molar-refractivity contribution in [3.05, 3.63) is 36.2 Å². The van der Waals surface area contributed by atoms with Crippen LogP contribution in [-0.2, 0) is 17.9 Å². The monoisotopic (exact) mass is 276 g/mol. The van der Waals surface area contributed by atoms with Crippen molar-refractivity contribution in [1.29, 1.82) is 0 Å². The zero-order valence-electron chi connectivity index (χ0n) is 11.1. The maximum absolute atomic E-state index is 11.9. The average Bonchev–Trinajstić information content (AvgIpc) is 2.94. The number of para-hydroxylation sites is 2. The summed E-state index contributed by atoms with van der Waals surface area (Å²) in [4.78, 5) is 11.9. The van der Waals surface area contributed by atoms with Gasteiger partial charge in [0.1, 0.15) is 11.4 Å². The minimum Gasteiger partial charge on any atom is -0.495 e. The third-order valence-corrected chi connectivity index (χ3v) is 2.70. The molecule has 1 heterocycles. The van der Waals surface area contributed by atoms with E-state index < -0.39 is 0 Å². The summed E-state index contributed by atoms with van der Waals surface area (Å²) in [5.41, 5.74) is 1.12. The Hall–Kier alpha value is -2.41. The van der Waals surface area contributed by atoms with Crippen LogP contribution in [0.25, 0.3) is 0 Å². The van der Waals surface area contributed by atoms with Gasteiger partial charge < -0.3 is 15.2 Å². The van der Waals surface area contributed by atoms with Gasteiger partial charge in [-0.2, -0.15) is 0 Å². The van der Waals surface area contributed by atoms with Crippen molar-refractivity contribution in [1.82, 2.24) is 15.0 Å². The smallest absolute Gasteiger partial charge is 0.226 e. The molecule has 2 rings (SSSR count). The van der Waals surface area contributed by atoms with Crippen LogP contribution in [-0.4, -0.2) is 33.1 Å². The molecule has 2 aromatic rings. The van der Waals surface area contributed by atoms with Crippen LogP contribution in [0.3, 0.4) is 0 Å². The zero-order valence-corrected chi connectivity index (χ0v) is 11.1. The van der Waals surface area contributed by atoms with Gasteiger partial charge in [-0.25, -0.2) is 0 Å². The van der Waals surface area contributed by atoms with Gasteiger partial charge in [0, 0.05) is 6.42 Å². The number of ether oxygens (including phenoxy) is 1. The molecule has 0 spiro atoms. The molecular weight excluding hydrogens is 260 g/mol. The molecule has 0 aliphatic carbocycles. The van der Waals surface area contributed by atoms with E-state index in [9.17, 15) is 4.79 Å². The molecule has 0 saturated carbocycles. The fraction of sp³-hybridized carbons (Fsp3) is 0.308. The molecule has 0 unspecified atom stereocenters. The predicted octanol–water partition coefficient (Wildman–Crippen LogP) is 0.808. The minimum absolute atomic E-state index is 0.143. The summed E-state index contributed by atoms with van der Waals surface area (Å²) in [6.45, 7) is 0.237. The Labute approximate surface area is 116 Å². The van der Waals surface area contributed by atoms with Gasteiger partial charge in [-0.3, -0.25) is 9.48 Å². The number of methoxy groups -OCH3 is 1. The number of aliphatic hydroxyl groups excluding tert-OH is 1. The first-order valence-corrected chi connectivity index (χ1v) is 6.15. The lowest BCUT2D eigenvalue weighted by Gasteiger charge is -2.09. The van der Waals surface area contributed by atoms with Crippen LogP contribution in [0, 0.1) is 0 Å². The first kappa shape index (κ1) is 14.0. The van der Waals surface area contributed by atoms with Gasteiger partial charge in [-0.1, -0.05) is 17.3 Å². The highest BCUT2D eigenvalue weighted by Crippen LogP contribution is 2.22. The van der Waals surface area contributed by atoms with E-state index in [0.29, 0.717) is 23.7 Å². The van der Waals surface area contributed by atoms with Crippen LogP contribution >= 0.6 is 0 Å². The van der Waals surface area contributed by atoms with Gasteiger partial charge in [-0.05, 0) is 12.1 Å². The number of rotatable bonds is 6. The summed E-state index contributed by atoms with van der Waals surface area (Å²) < 4.78 is 6.68. The number of aryl methyl sites for hydroxylation is 1. The number of hydrogen-bond acceptors (Lipinski definition) is 5. The third-order valence-electron chi connectivity index (χ3n) is 2.70. The Morgan fingerprint density at radius 3 is 2.95 bits per heavy atom. The van der Waals surface area contributed by atoms with E-state index in [1.807, 2.05) is 12.1 Å². The highest BCUT2D eigenvalue weighted by molar-refractivity contribution is 5.92. The largest absolute Gasteiger partial charge is 0.495 e. The second-order valence-electron chi connectivity index (χ2n) is 4.13. The molecule has 0 saturated heterocycles. The molecule has 0 atom stereocenters. The molecular formula is C13H16N4O3. The number of carbonyl (C=O) groups excluding carboxylic acids is 1. The lowest BCUT2D eigenvalue weighted by molar-refractivity contribution is -0.116. The van der Waals surface area contributed by atoms with E-state index in [4.69, 9.17) is 9.84 Å². The van der Waals surface area contributed by atoms with Crippen molar-refractivity contribution in [2.45, 2.75) is 19.6 Å². The molecule has 7 nitrogen and oxygen atoms in total. The predicted molar refractivity (Wildman–Crippen MR) is 72.2 cm³/mol. The number of nitrogens with zero attached hydrogens (tertiary/aromatic N) is 3. The first-order valence-electron chi connectivity index (χ1n) is 6.15. The van der Waals surface area contributed by atoms with Crippen LogP contribution < -0.4 is 10.1 Å². The molecule has 0 aliphatic rings. The number of aliphatic hydroxyl groups is 1. The molecule has 1 aromatic heterocycles. The number of nitrogens with one attached hydrogen (secondary N) is 1. The summed E-state index contributed by atoms with van der Waals surface area (Å²) in [5, 5.41) is 19.2. The van der Waals surface area contributed by atoms with Gasteiger partial charge in [0.15, 0.2) is 0 Å². The molecule has 20 heavy (non-hydrogen) atoms. The van der Waals surface area contributed by atoms with Gasteiger partial charge in [0.05, 0.1) is 32.1 Å². The molecule has 7 heteroatoms. The number of benzene rings is 1. The zero-order chi connectivity index (χ0) is 14.4. The summed E-state index contributed by atoms with van der Waals surface area (Å²) in [7, 11) is 1.55.